The fourth-order valence-electron chi connectivity index (χ4n) is 4.49. The third-order valence-corrected chi connectivity index (χ3v) is 6.16. The number of fused-ring (bicyclic) bond motifs is 1. The molecular weight excluding hydrogens is 462 g/mol. The highest BCUT2D eigenvalue weighted by Gasteiger charge is 2.44. The largest absolute Gasteiger partial charge is 0.493 e. The van der Waals surface area contributed by atoms with E-state index in [1.807, 2.05) is 6.07 Å². The van der Waals surface area contributed by atoms with Gasteiger partial charge in [-0.25, -0.2) is 4.79 Å². The number of anilines is 1. The van der Waals surface area contributed by atoms with E-state index in [9.17, 15) is 14.4 Å². The van der Waals surface area contributed by atoms with E-state index in [1.165, 1.54) is 19.1 Å². The molecule has 2 heterocycles. The molecule has 0 saturated carbocycles. The second-order valence-electron chi connectivity index (χ2n) is 8.17. The van der Waals surface area contributed by atoms with Crippen molar-refractivity contribution < 1.29 is 28.6 Å². The van der Waals surface area contributed by atoms with Gasteiger partial charge < -0.3 is 24.4 Å². The summed E-state index contributed by atoms with van der Waals surface area (Å²) in [5, 5.41) is 2.89. The number of methoxy groups -OCH3 is 2. The summed E-state index contributed by atoms with van der Waals surface area (Å²) in [5.74, 6) is -1.29. The van der Waals surface area contributed by atoms with Crippen LogP contribution in [0.3, 0.4) is 0 Å². The molecule has 2 atom stereocenters. The van der Waals surface area contributed by atoms with Gasteiger partial charge >= 0.3 is 5.97 Å². The molecule has 36 heavy (non-hydrogen) atoms. The number of nitrogens with one attached hydrogen (secondary N) is 1. The fourth-order valence-corrected chi connectivity index (χ4v) is 4.49. The molecule has 186 valence electrons. The topological polar surface area (TPSA) is 107 Å². The number of nitrogens with zero attached hydrogens (tertiary/aromatic N) is 2. The summed E-state index contributed by atoms with van der Waals surface area (Å²) in [7, 11) is 4.62. The molecule has 0 fully saturated rings. The fraction of sp³-hybridized carbons (Fsp3) is 0.259. The third kappa shape index (κ3) is 4.47. The summed E-state index contributed by atoms with van der Waals surface area (Å²) in [6, 6.07) is 12.8. The van der Waals surface area contributed by atoms with Gasteiger partial charge in [-0.15, -0.1) is 0 Å². The Hall–Kier alpha value is -4.40. The van der Waals surface area contributed by atoms with Crippen LogP contribution in [0.2, 0.25) is 0 Å². The summed E-state index contributed by atoms with van der Waals surface area (Å²) in [6.07, 6.45) is 3.26. The number of para-hydroxylation sites is 1. The number of likely N-dealkylation sites (N-methyl/N-ethyl adjacent to an activating group) is 1. The highest BCUT2D eigenvalue weighted by Crippen LogP contribution is 2.45. The van der Waals surface area contributed by atoms with Crippen LogP contribution in [0, 0.1) is 0 Å². The summed E-state index contributed by atoms with van der Waals surface area (Å²) < 4.78 is 16.0. The molecule has 1 aliphatic heterocycles. The first-order valence-electron chi connectivity index (χ1n) is 11.4. The average Bonchev–Trinajstić information content (AvgIpc) is 2.90. The highest BCUT2D eigenvalue weighted by molar-refractivity contribution is 6.07. The maximum absolute atomic E-state index is 14.0. The number of hydrogen-bond donors (Lipinski definition) is 1. The van der Waals surface area contributed by atoms with Crippen LogP contribution in [0.25, 0.3) is 0 Å². The lowest BCUT2D eigenvalue weighted by Gasteiger charge is -2.40. The Balaban J connectivity index is 1.85. The van der Waals surface area contributed by atoms with Crippen molar-refractivity contribution in [2.24, 2.45) is 0 Å². The smallest absolute Gasteiger partial charge is 0.340 e. The van der Waals surface area contributed by atoms with Crippen molar-refractivity contribution in [2.45, 2.75) is 18.9 Å². The van der Waals surface area contributed by atoms with Crippen molar-refractivity contribution >= 4 is 23.5 Å². The molecule has 0 unspecified atom stereocenters. The maximum Gasteiger partial charge on any atom is 0.340 e. The molecule has 0 aliphatic carbocycles. The Bertz CT molecular complexity index is 1290. The van der Waals surface area contributed by atoms with Crippen LogP contribution in [0.4, 0.5) is 5.69 Å². The second kappa shape index (κ2) is 10.5. The normalized spacial score (nSPS) is 16.7. The van der Waals surface area contributed by atoms with Gasteiger partial charge in [0.15, 0.2) is 11.5 Å². The van der Waals surface area contributed by atoms with Crippen molar-refractivity contribution in [3.63, 3.8) is 0 Å². The number of amides is 2. The summed E-state index contributed by atoms with van der Waals surface area (Å²) in [4.78, 5) is 45.6. The Morgan fingerprint density at radius 2 is 1.78 bits per heavy atom. The third-order valence-electron chi connectivity index (χ3n) is 6.16. The van der Waals surface area contributed by atoms with E-state index in [4.69, 9.17) is 14.2 Å². The van der Waals surface area contributed by atoms with E-state index in [-0.39, 0.29) is 18.1 Å². The Kier molecular flexibility index (Phi) is 7.19. The van der Waals surface area contributed by atoms with Crippen LogP contribution in [-0.4, -0.2) is 55.5 Å². The predicted octanol–water partition coefficient (Wildman–Crippen LogP) is 3.82. The first-order valence-corrected chi connectivity index (χ1v) is 11.4. The van der Waals surface area contributed by atoms with Crippen LogP contribution in [0.5, 0.6) is 11.5 Å². The van der Waals surface area contributed by atoms with Crippen molar-refractivity contribution in [1.29, 1.82) is 0 Å². The SMILES string of the molecule is CCOC(=O)c1ccccc1NC(=O)[C@H]1c2cc(OC)c(OC)cc2C(=O)N(C)[C@@H]1c1cccnc1. The number of pyridine rings is 1. The van der Waals surface area contributed by atoms with Gasteiger partial charge in [0.05, 0.1) is 44.0 Å². The standard InChI is InChI=1S/C27H27N3O6/c1-5-36-27(33)17-10-6-7-11-20(17)29-25(31)23-18-13-21(34-3)22(35-4)14-19(18)26(32)30(2)24(23)16-9-8-12-28-15-16/h6-15,23-24H,5H2,1-4H3,(H,29,31)/t23-,24+/m0/s1. The minimum absolute atomic E-state index is 0.203. The van der Waals surface area contributed by atoms with E-state index in [2.05, 4.69) is 10.3 Å². The molecule has 9 nitrogen and oxygen atoms in total. The number of benzene rings is 2. The summed E-state index contributed by atoms with van der Waals surface area (Å²) >= 11 is 0. The molecule has 0 saturated heterocycles. The first-order chi connectivity index (χ1) is 17.4. The Morgan fingerprint density at radius 3 is 2.44 bits per heavy atom. The van der Waals surface area contributed by atoms with E-state index in [1.54, 1.807) is 68.8 Å². The zero-order valence-corrected chi connectivity index (χ0v) is 20.5. The van der Waals surface area contributed by atoms with Gasteiger partial charge in [0, 0.05) is 25.0 Å². The molecule has 1 aliphatic rings. The first kappa shape index (κ1) is 24.7. The molecule has 1 aromatic heterocycles. The average molecular weight is 490 g/mol. The molecule has 0 bridgehead atoms. The zero-order valence-electron chi connectivity index (χ0n) is 20.5. The number of carbonyl (C=O) groups excluding carboxylic acids is 3. The number of carbonyl (C=O) groups is 3. The number of aromatic nitrogens is 1. The number of rotatable bonds is 7. The quantitative estimate of drug-likeness (QED) is 0.503. The van der Waals surface area contributed by atoms with E-state index >= 15 is 0 Å². The molecule has 0 spiro atoms. The minimum Gasteiger partial charge on any atom is -0.493 e. The number of hydrogen-bond acceptors (Lipinski definition) is 7. The molecule has 2 aromatic carbocycles. The van der Waals surface area contributed by atoms with Crippen molar-refractivity contribution in [3.8, 4) is 11.5 Å². The lowest BCUT2D eigenvalue weighted by molar-refractivity contribution is -0.119. The van der Waals surface area contributed by atoms with Crippen molar-refractivity contribution in [3.05, 3.63) is 83.2 Å². The van der Waals surface area contributed by atoms with Gasteiger partial charge in [0.1, 0.15) is 0 Å². The number of esters is 1. The number of ether oxygens (including phenoxy) is 3. The van der Waals surface area contributed by atoms with Gasteiger partial charge in [0.2, 0.25) is 5.91 Å². The van der Waals surface area contributed by atoms with Crippen LogP contribution in [0.15, 0.2) is 60.9 Å². The summed E-state index contributed by atoms with van der Waals surface area (Å²) in [6.45, 7) is 1.92. The van der Waals surface area contributed by atoms with Crippen LogP contribution < -0.4 is 14.8 Å². The van der Waals surface area contributed by atoms with Crippen molar-refractivity contribution in [2.75, 3.05) is 33.2 Å². The maximum atomic E-state index is 14.0. The van der Waals surface area contributed by atoms with Gasteiger partial charge in [-0.2, -0.15) is 0 Å². The monoisotopic (exact) mass is 489 g/mol. The van der Waals surface area contributed by atoms with E-state index in [0.717, 1.165) is 0 Å². The van der Waals surface area contributed by atoms with Crippen molar-refractivity contribution in [1.82, 2.24) is 9.88 Å². The molecule has 0 radical (unpaired) electrons. The predicted molar refractivity (Wildman–Crippen MR) is 132 cm³/mol. The van der Waals surface area contributed by atoms with Gasteiger partial charge in [0.25, 0.3) is 5.91 Å². The van der Waals surface area contributed by atoms with Gasteiger partial charge in [-0.1, -0.05) is 18.2 Å². The lowest BCUT2D eigenvalue weighted by Crippen LogP contribution is -2.44. The molecule has 9 heteroatoms. The van der Waals surface area contributed by atoms with Crippen LogP contribution in [-0.2, 0) is 9.53 Å². The lowest BCUT2D eigenvalue weighted by atomic mass is 9.79. The van der Waals surface area contributed by atoms with Gasteiger partial charge in [-0.3, -0.25) is 14.6 Å². The molecule has 4 rings (SSSR count). The molecule has 2 amide bonds. The Labute approximate surface area is 209 Å². The molecular formula is C27H27N3O6. The minimum atomic E-state index is -0.845. The summed E-state index contributed by atoms with van der Waals surface area (Å²) in [5.41, 5.74) is 2.04. The highest BCUT2D eigenvalue weighted by atomic mass is 16.5. The van der Waals surface area contributed by atoms with E-state index < -0.39 is 23.8 Å². The molecule has 1 N–H and O–H groups in total. The van der Waals surface area contributed by atoms with E-state index in [0.29, 0.717) is 33.9 Å². The van der Waals surface area contributed by atoms with Gasteiger partial charge in [-0.05, 0) is 48.4 Å². The van der Waals surface area contributed by atoms with Crippen LogP contribution >= 0.6 is 0 Å². The zero-order chi connectivity index (χ0) is 25.8. The molecule has 3 aromatic rings. The Morgan fingerprint density at radius 1 is 1.06 bits per heavy atom. The second-order valence-corrected chi connectivity index (χ2v) is 8.17. The van der Waals surface area contributed by atoms with Crippen LogP contribution in [0.1, 0.15) is 50.7 Å².